The lowest BCUT2D eigenvalue weighted by Crippen LogP contribution is -2.42. The van der Waals surface area contributed by atoms with Crippen LogP contribution in [0, 0.1) is 6.92 Å². The van der Waals surface area contributed by atoms with Gasteiger partial charge in [-0.2, -0.15) is 0 Å². The van der Waals surface area contributed by atoms with Crippen LogP contribution in [0.4, 0.5) is 5.82 Å². The number of hydrogen-bond donors (Lipinski definition) is 2. The molecule has 0 saturated carbocycles. The Morgan fingerprint density at radius 2 is 1.88 bits per heavy atom. The van der Waals surface area contributed by atoms with E-state index in [1.807, 2.05) is 19.1 Å². The van der Waals surface area contributed by atoms with Gasteiger partial charge in [-0.05, 0) is 56.0 Å². The number of amides is 1. The average molecular weight is 352 g/mol. The van der Waals surface area contributed by atoms with E-state index >= 15 is 0 Å². The number of anilines is 1. The van der Waals surface area contributed by atoms with Crippen LogP contribution in [0.1, 0.15) is 29.9 Å². The van der Waals surface area contributed by atoms with Crippen molar-refractivity contribution in [2.24, 2.45) is 0 Å². The monoisotopic (exact) mass is 352 g/mol. The van der Waals surface area contributed by atoms with E-state index < -0.39 is 0 Å². The van der Waals surface area contributed by atoms with E-state index in [2.05, 4.69) is 50.8 Å². The third-order valence-corrected chi connectivity index (χ3v) is 4.97. The number of nitrogens with one attached hydrogen (secondary N) is 2. The molecule has 0 spiro atoms. The van der Waals surface area contributed by atoms with Gasteiger partial charge < -0.3 is 10.6 Å². The zero-order valence-corrected chi connectivity index (χ0v) is 15.4. The number of piperidine rings is 1. The third-order valence-electron chi connectivity index (χ3n) is 4.97. The first-order valence-corrected chi connectivity index (χ1v) is 9.42. The Labute approximate surface area is 155 Å². The van der Waals surface area contributed by atoms with Gasteiger partial charge in [0.1, 0.15) is 5.82 Å². The number of rotatable bonds is 7. The highest BCUT2D eigenvalue weighted by atomic mass is 16.2. The highest BCUT2D eigenvalue weighted by Gasteiger charge is 2.21. The molecule has 0 atom stereocenters. The van der Waals surface area contributed by atoms with E-state index in [0.29, 0.717) is 25.6 Å². The van der Waals surface area contributed by atoms with Gasteiger partial charge in [0.05, 0.1) is 6.54 Å². The van der Waals surface area contributed by atoms with E-state index in [-0.39, 0.29) is 5.91 Å². The molecule has 1 aromatic heterocycles. The Bertz CT molecular complexity index is 696. The standard InChI is InChI=1S/C21H28N4O/c1-17-6-5-11-23-21(17)24-13-12-22-20(26)16-25-14-9-19(10-15-25)18-7-3-2-4-8-18/h2-8,11,19H,9-10,12-16H2,1H3,(H,22,26)(H,23,24). The Hall–Kier alpha value is -2.40. The number of nitrogens with zero attached hydrogens (tertiary/aromatic N) is 2. The van der Waals surface area contributed by atoms with Gasteiger partial charge in [-0.1, -0.05) is 36.4 Å². The summed E-state index contributed by atoms with van der Waals surface area (Å²) in [6, 6.07) is 14.6. The molecule has 2 N–H and O–H groups in total. The second-order valence-corrected chi connectivity index (χ2v) is 6.91. The van der Waals surface area contributed by atoms with Gasteiger partial charge in [-0.3, -0.25) is 9.69 Å². The lowest BCUT2D eigenvalue weighted by Gasteiger charge is -2.31. The summed E-state index contributed by atoms with van der Waals surface area (Å²) in [5.41, 5.74) is 2.53. The predicted molar refractivity (Wildman–Crippen MR) is 105 cm³/mol. The number of hydrogen-bond acceptors (Lipinski definition) is 4. The topological polar surface area (TPSA) is 57.3 Å². The molecule has 138 valence electrons. The Morgan fingerprint density at radius 1 is 1.12 bits per heavy atom. The molecule has 0 aliphatic carbocycles. The van der Waals surface area contributed by atoms with E-state index in [4.69, 9.17) is 0 Å². The first-order valence-electron chi connectivity index (χ1n) is 9.42. The minimum atomic E-state index is 0.0997. The van der Waals surface area contributed by atoms with Crippen molar-refractivity contribution in [2.45, 2.75) is 25.7 Å². The Kier molecular flexibility index (Phi) is 6.61. The molecular weight excluding hydrogens is 324 g/mol. The summed E-state index contributed by atoms with van der Waals surface area (Å²) in [5.74, 6) is 1.61. The molecule has 2 heterocycles. The second-order valence-electron chi connectivity index (χ2n) is 6.91. The fraction of sp³-hybridized carbons (Fsp3) is 0.429. The van der Waals surface area contributed by atoms with Crippen LogP contribution in [-0.4, -0.2) is 48.5 Å². The summed E-state index contributed by atoms with van der Waals surface area (Å²) in [6.45, 7) is 5.77. The molecule has 1 saturated heterocycles. The maximum absolute atomic E-state index is 12.1. The van der Waals surface area contributed by atoms with Crippen LogP contribution in [0.15, 0.2) is 48.7 Å². The van der Waals surface area contributed by atoms with Gasteiger partial charge in [0.15, 0.2) is 0 Å². The molecule has 0 bridgehead atoms. The quantitative estimate of drug-likeness (QED) is 0.753. The zero-order valence-electron chi connectivity index (χ0n) is 15.4. The van der Waals surface area contributed by atoms with Crippen molar-refractivity contribution in [1.29, 1.82) is 0 Å². The molecule has 1 aliphatic rings. The molecular formula is C21H28N4O. The van der Waals surface area contributed by atoms with Crippen molar-refractivity contribution >= 4 is 11.7 Å². The van der Waals surface area contributed by atoms with Gasteiger partial charge in [0, 0.05) is 19.3 Å². The number of benzene rings is 1. The highest BCUT2D eigenvalue weighted by molar-refractivity contribution is 5.78. The molecule has 1 amide bonds. The fourth-order valence-corrected chi connectivity index (χ4v) is 3.46. The molecule has 0 radical (unpaired) electrons. The molecule has 26 heavy (non-hydrogen) atoms. The molecule has 5 heteroatoms. The van der Waals surface area contributed by atoms with Crippen LogP contribution in [0.2, 0.25) is 0 Å². The fourth-order valence-electron chi connectivity index (χ4n) is 3.46. The highest BCUT2D eigenvalue weighted by Crippen LogP contribution is 2.27. The summed E-state index contributed by atoms with van der Waals surface area (Å²) < 4.78 is 0. The normalized spacial score (nSPS) is 15.6. The Morgan fingerprint density at radius 3 is 2.62 bits per heavy atom. The van der Waals surface area contributed by atoms with Crippen LogP contribution in [0.5, 0.6) is 0 Å². The molecule has 1 fully saturated rings. The SMILES string of the molecule is Cc1cccnc1NCCNC(=O)CN1CCC(c2ccccc2)CC1. The number of pyridine rings is 1. The average Bonchev–Trinajstić information content (AvgIpc) is 2.68. The molecule has 0 unspecified atom stereocenters. The summed E-state index contributed by atoms with van der Waals surface area (Å²) in [5, 5.41) is 6.25. The first kappa shape index (κ1) is 18.4. The predicted octanol–water partition coefficient (Wildman–Crippen LogP) is 2.80. The summed E-state index contributed by atoms with van der Waals surface area (Å²) in [4.78, 5) is 18.7. The van der Waals surface area contributed by atoms with Crippen LogP contribution < -0.4 is 10.6 Å². The van der Waals surface area contributed by atoms with Crippen molar-refractivity contribution in [2.75, 3.05) is 38.0 Å². The third kappa shape index (κ3) is 5.30. The number of carbonyl (C=O) groups is 1. The van der Waals surface area contributed by atoms with E-state index in [1.165, 1.54) is 5.56 Å². The molecule has 2 aromatic rings. The zero-order chi connectivity index (χ0) is 18.2. The molecule has 1 aliphatic heterocycles. The maximum Gasteiger partial charge on any atom is 0.234 e. The summed E-state index contributed by atoms with van der Waals surface area (Å²) in [7, 11) is 0. The smallest absolute Gasteiger partial charge is 0.234 e. The van der Waals surface area contributed by atoms with Crippen LogP contribution in [-0.2, 0) is 4.79 Å². The van der Waals surface area contributed by atoms with E-state index in [9.17, 15) is 4.79 Å². The van der Waals surface area contributed by atoms with Gasteiger partial charge in [0.25, 0.3) is 0 Å². The number of carbonyl (C=O) groups excluding carboxylic acids is 1. The van der Waals surface area contributed by atoms with Gasteiger partial charge in [0.2, 0.25) is 5.91 Å². The number of aromatic nitrogens is 1. The van der Waals surface area contributed by atoms with Crippen molar-refractivity contribution in [3.63, 3.8) is 0 Å². The minimum absolute atomic E-state index is 0.0997. The van der Waals surface area contributed by atoms with Crippen molar-refractivity contribution < 1.29 is 4.79 Å². The van der Waals surface area contributed by atoms with Crippen LogP contribution in [0.3, 0.4) is 0 Å². The first-order chi connectivity index (χ1) is 12.7. The minimum Gasteiger partial charge on any atom is -0.368 e. The largest absolute Gasteiger partial charge is 0.368 e. The Balaban J connectivity index is 1.32. The summed E-state index contributed by atoms with van der Waals surface area (Å²) in [6.07, 6.45) is 4.02. The van der Waals surface area contributed by atoms with Gasteiger partial charge >= 0.3 is 0 Å². The maximum atomic E-state index is 12.1. The lowest BCUT2D eigenvalue weighted by atomic mass is 9.89. The molecule has 5 nitrogen and oxygen atoms in total. The van der Waals surface area contributed by atoms with Crippen molar-refractivity contribution in [1.82, 2.24) is 15.2 Å². The van der Waals surface area contributed by atoms with Gasteiger partial charge in [-0.15, -0.1) is 0 Å². The van der Waals surface area contributed by atoms with Crippen LogP contribution >= 0.6 is 0 Å². The van der Waals surface area contributed by atoms with Crippen molar-refractivity contribution in [3.8, 4) is 0 Å². The number of aryl methyl sites for hydroxylation is 1. The molecule has 3 rings (SSSR count). The van der Waals surface area contributed by atoms with Gasteiger partial charge in [-0.25, -0.2) is 4.98 Å². The van der Waals surface area contributed by atoms with E-state index in [0.717, 1.165) is 37.3 Å². The molecule has 1 aromatic carbocycles. The second kappa shape index (κ2) is 9.34. The lowest BCUT2D eigenvalue weighted by molar-refractivity contribution is -0.122. The summed E-state index contributed by atoms with van der Waals surface area (Å²) >= 11 is 0. The van der Waals surface area contributed by atoms with Crippen LogP contribution in [0.25, 0.3) is 0 Å². The number of likely N-dealkylation sites (tertiary alicyclic amines) is 1. The van der Waals surface area contributed by atoms with E-state index in [1.54, 1.807) is 6.20 Å². The van der Waals surface area contributed by atoms with Crippen molar-refractivity contribution in [3.05, 3.63) is 59.8 Å².